The number of esters is 5. The zero-order valence-electron chi connectivity index (χ0n) is 89.9. The minimum Gasteiger partial charge on any atom is -0.423 e. The molecule has 0 aliphatic heterocycles. The van der Waals surface area contributed by atoms with Gasteiger partial charge in [-0.1, -0.05) is 351 Å². The zero-order chi connectivity index (χ0) is 102. The number of carbonyl (C=O) groups excluding carboxylic acids is 5. The van der Waals surface area contributed by atoms with Gasteiger partial charge in [0.1, 0.15) is 28.7 Å². The predicted octanol–water partition coefficient (Wildman–Crippen LogP) is 41.2. The molecule has 10 nitrogen and oxygen atoms in total. The number of ether oxygens (including phenoxy) is 5. The van der Waals surface area contributed by atoms with Crippen LogP contribution in [0.25, 0.3) is 0 Å². The molecule has 0 unspecified atom stereocenters. The van der Waals surface area contributed by atoms with Crippen molar-refractivity contribution in [2.45, 2.75) is 410 Å². The summed E-state index contributed by atoms with van der Waals surface area (Å²) >= 11 is 25.3. The molecule has 5 radical (unpaired) electrons. The number of hydrogen-bond donors (Lipinski definition) is 0. The molecule has 0 aromatic heterocycles. The topological polar surface area (TPSA) is 132 Å². The molecule has 0 bridgehead atoms. The van der Waals surface area contributed by atoms with Crippen molar-refractivity contribution in [3.63, 3.8) is 0 Å². The second-order valence-electron chi connectivity index (χ2n) is 42.0. The van der Waals surface area contributed by atoms with Gasteiger partial charge in [-0.25, -0.2) is 24.0 Å². The standard InChI is InChI=1S/5C26H33O2S.5FH/c5*1-2-3-4-5-6-7-20-8-10-21(11-9-20)22-12-14-23(15-13-22)26(27)28-24-16-18-25(29)19-17-24;;;;;/h5*12-21H,2-11H2,1H3;5*1H/t5*20-,21-;;;;;. The smallest absolute Gasteiger partial charge is 0.343 e. The van der Waals surface area contributed by atoms with Gasteiger partial charge in [0, 0.05) is 24.5 Å². The Morgan fingerprint density at radius 1 is 0.180 bits per heavy atom. The second-order valence-corrected chi connectivity index (χ2v) is 44.4. The quantitative estimate of drug-likeness (QED) is 0.0157. The van der Waals surface area contributed by atoms with Crippen molar-refractivity contribution < 1.29 is 71.2 Å². The maximum absolute atomic E-state index is 12.3. The van der Waals surface area contributed by atoms with Gasteiger partial charge < -0.3 is 23.7 Å². The Balaban J connectivity index is 0.000000284. The van der Waals surface area contributed by atoms with Crippen molar-refractivity contribution >= 4 is 93.0 Å². The van der Waals surface area contributed by atoms with E-state index in [1.54, 1.807) is 121 Å². The molecule has 10 aromatic rings. The summed E-state index contributed by atoms with van der Waals surface area (Å²) in [5.41, 5.74) is 9.77. The summed E-state index contributed by atoms with van der Waals surface area (Å²) < 4.78 is 27.2. The lowest BCUT2D eigenvalue weighted by Gasteiger charge is -2.29. The predicted molar refractivity (Wildman–Crippen MR) is 621 cm³/mol. The first-order valence-electron chi connectivity index (χ1n) is 56.2. The molecule has 10 aromatic carbocycles. The summed E-state index contributed by atoms with van der Waals surface area (Å²) in [6.07, 6.45) is 67.9. The molecule has 5 saturated carbocycles. The van der Waals surface area contributed by atoms with Crippen LogP contribution in [0.1, 0.15) is 465 Å². The maximum Gasteiger partial charge on any atom is 0.343 e. The molecule has 0 amide bonds. The van der Waals surface area contributed by atoms with Crippen molar-refractivity contribution in [3.05, 3.63) is 298 Å². The highest BCUT2D eigenvalue weighted by Gasteiger charge is 2.30. The van der Waals surface area contributed by atoms with E-state index in [-0.39, 0.29) is 53.4 Å². The van der Waals surface area contributed by atoms with Gasteiger partial charge >= 0.3 is 29.8 Å². The summed E-state index contributed by atoms with van der Waals surface area (Å²) in [5, 5.41) is 0. The first-order chi connectivity index (χ1) is 70.8. The molecule has 5 aliphatic carbocycles. The molecule has 20 heteroatoms. The average Bonchev–Trinajstić information content (AvgIpc) is 0.852. The largest absolute Gasteiger partial charge is 0.423 e. The van der Waals surface area contributed by atoms with Gasteiger partial charge in [-0.15, -0.1) is 0 Å². The van der Waals surface area contributed by atoms with Gasteiger partial charge in [-0.3, -0.25) is 23.5 Å². The maximum atomic E-state index is 12.3. The Bertz CT molecular complexity index is 4520. The number of rotatable bonds is 45. The molecule has 0 heterocycles. The van der Waals surface area contributed by atoms with Crippen LogP contribution in [-0.2, 0) is 0 Å². The highest BCUT2D eigenvalue weighted by Crippen LogP contribution is 2.45. The average molecular weight is 2150 g/mol. The third-order valence-electron chi connectivity index (χ3n) is 31.1. The molecule has 0 saturated heterocycles. The Morgan fingerprint density at radius 3 is 0.433 bits per heavy atom. The second kappa shape index (κ2) is 73.6. The van der Waals surface area contributed by atoms with E-state index in [1.807, 2.05) is 60.7 Å². The van der Waals surface area contributed by atoms with Crippen molar-refractivity contribution in [1.82, 2.24) is 0 Å². The van der Waals surface area contributed by atoms with E-state index in [1.165, 1.54) is 349 Å². The summed E-state index contributed by atoms with van der Waals surface area (Å²) in [6, 6.07) is 75.1. The fraction of sp³-hybridized carbons (Fsp3) is 0.500. The highest BCUT2D eigenvalue weighted by atomic mass is 32.1. The zero-order valence-corrected chi connectivity index (χ0v) is 94.0. The minimum absolute atomic E-state index is 0. The lowest BCUT2D eigenvalue weighted by atomic mass is 9.77. The van der Waals surface area contributed by atoms with Crippen molar-refractivity contribution in [3.8, 4) is 28.7 Å². The number of halogens is 5. The number of hydrogen-bond acceptors (Lipinski definition) is 10. The van der Waals surface area contributed by atoms with Gasteiger partial charge in [0.2, 0.25) is 0 Å². The van der Waals surface area contributed by atoms with Crippen LogP contribution in [0.15, 0.2) is 267 Å². The van der Waals surface area contributed by atoms with Gasteiger partial charge in [-0.2, -0.15) is 0 Å². The molecule has 150 heavy (non-hydrogen) atoms. The molecule has 0 N–H and O–H groups in total. The van der Waals surface area contributed by atoms with Gasteiger partial charge in [-0.05, 0) is 397 Å². The SMILES string of the molecule is CCCCCCC[C@H]1CC[C@H](c2ccc(C(=O)Oc3ccc([S])cc3)cc2)CC1.CCCCCCC[C@H]1CC[C@H](c2ccc(C(=O)Oc3ccc([S])cc3)cc2)CC1.CCCCCCC[C@H]1CC[C@H](c2ccc(C(=O)Oc3ccc([S])cc3)cc2)CC1.CCCCCCC[C@H]1CC[C@H](c2ccc(C(=O)Oc3ccc([S])cc3)cc2)CC1.CCCCCCC[C@H]1CC[C@H](c2ccc(C(=O)Oc3ccc([S])cc3)cc2)CC1.F.F.F.F.F. The summed E-state index contributed by atoms with van der Waals surface area (Å²) in [6.45, 7) is 11.4. The van der Waals surface area contributed by atoms with Crippen LogP contribution >= 0.6 is 63.1 Å². The van der Waals surface area contributed by atoms with Crippen LogP contribution in [-0.4, -0.2) is 29.8 Å². The number of carbonyl (C=O) groups is 5. The first kappa shape index (κ1) is 129. The Hall–Kier alpha value is -9.70. The monoisotopic (exact) mass is 2150 g/mol. The Morgan fingerprint density at radius 2 is 0.307 bits per heavy atom. The van der Waals surface area contributed by atoms with Crippen molar-refractivity contribution in [1.29, 1.82) is 0 Å². The van der Waals surface area contributed by atoms with E-state index in [9.17, 15) is 24.0 Å². The summed E-state index contributed by atoms with van der Waals surface area (Å²) in [4.78, 5) is 65.4. The van der Waals surface area contributed by atoms with Crippen LogP contribution in [0, 0.1) is 29.6 Å². The molecule has 0 atom stereocenters. The first-order valence-corrected chi connectivity index (χ1v) is 58.3. The van der Waals surface area contributed by atoms with E-state index >= 15 is 0 Å². The van der Waals surface area contributed by atoms with Crippen molar-refractivity contribution in [2.75, 3.05) is 0 Å². The lowest BCUT2D eigenvalue weighted by molar-refractivity contribution is 0.0725. The van der Waals surface area contributed by atoms with Crippen molar-refractivity contribution in [2.24, 2.45) is 29.6 Å². The normalized spacial score (nSPS) is 18.4. The lowest BCUT2D eigenvalue weighted by Crippen LogP contribution is -2.14. The van der Waals surface area contributed by atoms with E-state index < -0.39 is 0 Å². The van der Waals surface area contributed by atoms with E-state index in [0.717, 1.165) is 54.1 Å². The van der Waals surface area contributed by atoms with Crippen LogP contribution in [0.4, 0.5) is 23.5 Å². The van der Waals surface area contributed by atoms with E-state index in [4.69, 9.17) is 86.8 Å². The summed E-state index contributed by atoms with van der Waals surface area (Å²) in [5.74, 6) is 8.82. The molecule has 815 valence electrons. The molecule has 5 fully saturated rings. The number of benzene rings is 10. The van der Waals surface area contributed by atoms with Crippen LogP contribution < -0.4 is 23.7 Å². The third-order valence-corrected chi connectivity index (χ3v) is 32.4. The molecular weight excluding hydrogens is 1980 g/mol. The summed E-state index contributed by atoms with van der Waals surface area (Å²) in [7, 11) is 0. The van der Waals surface area contributed by atoms with E-state index in [0.29, 0.717) is 86.2 Å². The van der Waals surface area contributed by atoms with Gasteiger partial charge in [0.25, 0.3) is 0 Å². The van der Waals surface area contributed by atoms with Gasteiger partial charge in [0.05, 0.1) is 27.8 Å². The Kier molecular flexibility index (Phi) is 63.2. The molecular formula is C130H170F5O10S5. The van der Waals surface area contributed by atoms with Crippen LogP contribution in [0.5, 0.6) is 28.7 Å². The minimum atomic E-state index is -0.319. The molecule has 0 spiro atoms. The Labute approximate surface area is 923 Å². The third kappa shape index (κ3) is 47.1. The van der Waals surface area contributed by atoms with Crippen LogP contribution in [0.2, 0.25) is 0 Å². The number of unbranched alkanes of at least 4 members (excludes halogenated alkanes) is 20. The fourth-order valence-electron chi connectivity index (χ4n) is 21.9. The van der Waals surface area contributed by atoms with Gasteiger partial charge in [0.15, 0.2) is 0 Å². The fourth-order valence-corrected chi connectivity index (χ4v) is 22.6. The molecule has 15 rings (SSSR count). The van der Waals surface area contributed by atoms with E-state index in [2.05, 4.69) is 95.3 Å². The molecule has 5 aliphatic rings. The van der Waals surface area contributed by atoms with Crippen LogP contribution in [0.3, 0.4) is 0 Å². The highest BCUT2D eigenvalue weighted by molar-refractivity contribution is 7.81.